The molecular formula is C11H26N2. The molecule has 0 radical (unpaired) electrons. The van der Waals surface area contributed by atoms with Crippen LogP contribution in [0.3, 0.4) is 0 Å². The highest BCUT2D eigenvalue weighted by atomic mass is 15.0. The summed E-state index contributed by atoms with van der Waals surface area (Å²) in [6, 6.07) is 0.606. The molecule has 2 nitrogen and oxygen atoms in total. The van der Waals surface area contributed by atoms with Gasteiger partial charge in [-0.3, -0.25) is 0 Å². The van der Waals surface area contributed by atoms with Crippen LogP contribution in [0.25, 0.3) is 0 Å². The van der Waals surface area contributed by atoms with E-state index in [-0.39, 0.29) is 0 Å². The summed E-state index contributed by atoms with van der Waals surface area (Å²) in [7, 11) is 0. The molecule has 2 heteroatoms. The zero-order valence-corrected chi connectivity index (χ0v) is 9.69. The van der Waals surface area contributed by atoms with E-state index >= 15 is 0 Å². The first-order valence-electron chi connectivity index (χ1n) is 5.60. The second kappa shape index (κ2) is 8.52. The lowest BCUT2D eigenvalue weighted by Gasteiger charge is -2.12. The normalized spacial score (nSPS) is 13.6. The van der Waals surface area contributed by atoms with Gasteiger partial charge >= 0.3 is 0 Å². The first kappa shape index (κ1) is 12.9. The van der Waals surface area contributed by atoms with Gasteiger partial charge in [0.05, 0.1) is 0 Å². The molecule has 0 saturated heterocycles. The molecule has 0 saturated carbocycles. The Morgan fingerprint density at radius 1 is 1.08 bits per heavy atom. The third kappa shape index (κ3) is 9.84. The van der Waals surface area contributed by atoms with Crippen molar-refractivity contribution >= 4 is 0 Å². The topological polar surface area (TPSA) is 24.1 Å². The predicted molar refractivity (Wildman–Crippen MR) is 60.1 cm³/mol. The molecule has 0 aromatic heterocycles. The largest absolute Gasteiger partial charge is 0.315 e. The summed E-state index contributed by atoms with van der Waals surface area (Å²) in [6.45, 7) is 12.2. The van der Waals surface area contributed by atoms with Crippen LogP contribution in [0.5, 0.6) is 0 Å². The quantitative estimate of drug-likeness (QED) is 0.567. The van der Waals surface area contributed by atoms with Gasteiger partial charge in [0, 0.05) is 19.1 Å². The van der Waals surface area contributed by atoms with E-state index in [9.17, 15) is 0 Å². The Morgan fingerprint density at radius 3 is 2.31 bits per heavy atom. The molecule has 0 aliphatic rings. The molecule has 0 amide bonds. The van der Waals surface area contributed by atoms with Crippen molar-refractivity contribution in [1.29, 1.82) is 0 Å². The number of hydrogen-bond donors (Lipinski definition) is 2. The molecule has 0 aliphatic carbocycles. The van der Waals surface area contributed by atoms with Crippen molar-refractivity contribution in [2.24, 2.45) is 5.92 Å². The maximum atomic E-state index is 3.46. The van der Waals surface area contributed by atoms with Crippen LogP contribution in [-0.4, -0.2) is 25.7 Å². The molecule has 0 bridgehead atoms. The van der Waals surface area contributed by atoms with E-state index in [1.807, 2.05) is 0 Å². The van der Waals surface area contributed by atoms with Crippen LogP contribution in [0.2, 0.25) is 0 Å². The van der Waals surface area contributed by atoms with Crippen LogP contribution in [-0.2, 0) is 0 Å². The summed E-state index contributed by atoms with van der Waals surface area (Å²) in [5, 5.41) is 6.85. The average Bonchev–Trinajstić information content (AvgIpc) is 2.03. The van der Waals surface area contributed by atoms with Crippen molar-refractivity contribution < 1.29 is 0 Å². The maximum absolute atomic E-state index is 3.46. The van der Waals surface area contributed by atoms with Gasteiger partial charge in [0.2, 0.25) is 0 Å². The summed E-state index contributed by atoms with van der Waals surface area (Å²) < 4.78 is 0. The fourth-order valence-corrected chi connectivity index (χ4v) is 1.39. The predicted octanol–water partition coefficient (Wildman–Crippen LogP) is 2.01. The molecule has 13 heavy (non-hydrogen) atoms. The Labute approximate surface area is 83.5 Å². The molecule has 1 unspecified atom stereocenters. The molecule has 0 rings (SSSR count). The monoisotopic (exact) mass is 186 g/mol. The van der Waals surface area contributed by atoms with E-state index in [0.29, 0.717) is 6.04 Å². The molecule has 0 aromatic rings. The van der Waals surface area contributed by atoms with Crippen molar-refractivity contribution in [3.8, 4) is 0 Å². The molecule has 0 spiro atoms. The van der Waals surface area contributed by atoms with Crippen LogP contribution in [0, 0.1) is 5.92 Å². The lowest BCUT2D eigenvalue weighted by atomic mass is 10.1. The lowest BCUT2D eigenvalue weighted by Crippen LogP contribution is -2.33. The van der Waals surface area contributed by atoms with Crippen LogP contribution in [0.1, 0.15) is 40.5 Å². The highest BCUT2D eigenvalue weighted by Crippen LogP contribution is 2.01. The van der Waals surface area contributed by atoms with E-state index < -0.39 is 0 Å². The molecular weight excluding hydrogens is 160 g/mol. The van der Waals surface area contributed by atoms with Crippen molar-refractivity contribution in [3.63, 3.8) is 0 Å². The fourth-order valence-electron chi connectivity index (χ4n) is 1.39. The van der Waals surface area contributed by atoms with Crippen molar-refractivity contribution in [3.05, 3.63) is 0 Å². The minimum Gasteiger partial charge on any atom is -0.315 e. The zero-order valence-electron chi connectivity index (χ0n) is 9.69. The summed E-state index contributed by atoms with van der Waals surface area (Å²) in [5.41, 5.74) is 0. The molecule has 80 valence electrons. The van der Waals surface area contributed by atoms with Gasteiger partial charge in [-0.1, -0.05) is 34.1 Å². The molecule has 0 heterocycles. The molecule has 0 fully saturated rings. The highest BCUT2D eigenvalue weighted by Gasteiger charge is 1.98. The fraction of sp³-hybridized carbons (Fsp3) is 1.00. The van der Waals surface area contributed by atoms with Crippen LogP contribution in [0.15, 0.2) is 0 Å². The van der Waals surface area contributed by atoms with Crippen LogP contribution >= 0.6 is 0 Å². The van der Waals surface area contributed by atoms with Gasteiger partial charge in [0.1, 0.15) is 0 Å². The molecule has 0 aliphatic heterocycles. The summed E-state index contributed by atoms with van der Waals surface area (Å²) in [6.07, 6.45) is 2.64. The van der Waals surface area contributed by atoms with Crippen LogP contribution < -0.4 is 10.6 Å². The maximum Gasteiger partial charge on any atom is 0.00790 e. The van der Waals surface area contributed by atoms with Gasteiger partial charge < -0.3 is 10.6 Å². The number of nitrogens with one attached hydrogen (secondary N) is 2. The summed E-state index contributed by atoms with van der Waals surface area (Å²) >= 11 is 0. The van der Waals surface area contributed by atoms with Gasteiger partial charge in [0.25, 0.3) is 0 Å². The first-order chi connectivity index (χ1) is 6.16. The SMILES string of the molecule is CCCC(C)CNCCNC(C)C. The van der Waals surface area contributed by atoms with E-state index in [4.69, 9.17) is 0 Å². The van der Waals surface area contributed by atoms with Crippen molar-refractivity contribution in [1.82, 2.24) is 10.6 Å². The van der Waals surface area contributed by atoms with Gasteiger partial charge in [-0.2, -0.15) is 0 Å². The Kier molecular flexibility index (Phi) is 8.46. The van der Waals surface area contributed by atoms with E-state index in [0.717, 1.165) is 25.6 Å². The van der Waals surface area contributed by atoms with Gasteiger partial charge in [-0.05, 0) is 18.9 Å². The van der Waals surface area contributed by atoms with E-state index in [2.05, 4.69) is 38.3 Å². The Morgan fingerprint density at radius 2 is 1.77 bits per heavy atom. The summed E-state index contributed by atoms with van der Waals surface area (Å²) in [5.74, 6) is 0.823. The van der Waals surface area contributed by atoms with Crippen molar-refractivity contribution in [2.75, 3.05) is 19.6 Å². The molecule has 1 atom stereocenters. The zero-order chi connectivity index (χ0) is 10.1. The summed E-state index contributed by atoms with van der Waals surface area (Å²) in [4.78, 5) is 0. The van der Waals surface area contributed by atoms with E-state index in [1.54, 1.807) is 0 Å². The minimum atomic E-state index is 0.606. The van der Waals surface area contributed by atoms with Gasteiger partial charge in [0.15, 0.2) is 0 Å². The third-order valence-corrected chi connectivity index (χ3v) is 2.13. The van der Waals surface area contributed by atoms with Crippen molar-refractivity contribution in [2.45, 2.75) is 46.6 Å². The first-order valence-corrected chi connectivity index (χ1v) is 5.60. The van der Waals surface area contributed by atoms with E-state index in [1.165, 1.54) is 12.8 Å². The number of hydrogen-bond acceptors (Lipinski definition) is 2. The molecule has 0 aromatic carbocycles. The van der Waals surface area contributed by atoms with Crippen LogP contribution in [0.4, 0.5) is 0 Å². The Balaban J connectivity index is 3.06. The Hall–Kier alpha value is -0.0800. The highest BCUT2D eigenvalue weighted by molar-refractivity contribution is 4.59. The standard InChI is InChI=1S/C11H26N2/c1-5-6-11(4)9-12-7-8-13-10(2)3/h10-13H,5-9H2,1-4H3. The molecule has 2 N–H and O–H groups in total. The average molecular weight is 186 g/mol. The number of rotatable bonds is 8. The minimum absolute atomic E-state index is 0.606. The van der Waals surface area contributed by atoms with Gasteiger partial charge in [-0.25, -0.2) is 0 Å². The third-order valence-electron chi connectivity index (χ3n) is 2.13. The lowest BCUT2D eigenvalue weighted by molar-refractivity contribution is 0.465. The smallest absolute Gasteiger partial charge is 0.00790 e. The second-order valence-electron chi connectivity index (χ2n) is 4.21. The second-order valence-corrected chi connectivity index (χ2v) is 4.21. The Bertz CT molecular complexity index is 102. The van der Waals surface area contributed by atoms with Gasteiger partial charge in [-0.15, -0.1) is 0 Å².